The molecule has 3 heterocycles. The van der Waals surface area contributed by atoms with E-state index in [-0.39, 0.29) is 12.3 Å². The molecule has 7 heteroatoms. The molecule has 0 radical (unpaired) electrons. The summed E-state index contributed by atoms with van der Waals surface area (Å²) in [4.78, 5) is 14.1. The predicted molar refractivity (Wildman–Crippen MR) is 78.2 cm³/mol. The van der Waals surface area contributed by atoms with E-state index in [1.54, 1.807) is 6.07 Å². The zero-order chi connectivity index (χ0) is 14.8. The first kappa shape index (κ1) is 13.7. The molecule has 2 N–H and O–H groups in total. The molecule has 7 nitrogen and oxygen atoms in total. The molecule has 0 bridgehead atoms. The maximum atomic E-state index is 11.9. The number of rotatable bonds is 4. The lowest BCUT2D eigenvalue weighted by molar-refractivity contribution is -0.115. The van der Waals surface area contributed by atoms with E-state index in [1.807, 2.05) is 13.0 Å². The monoisotopic (exact) mass is 289 g/mol. The molecular weight excluding hydrogens is 270 g/mol. The highest BCUT2D eigenvalue weighted by Gasteiger charge is 2.21. The lowest BCUT2D eigenvalue weighted by Gasteiger charge is -2.13. The molecule has 1 atom stereocenters. The minimum atomic E-state index is -0.156. The van der Waals surface area contributed by atoms with Crippen molar-refractivity contribution in [2.24, 2.45) is 5.92 Å². The minimum Gasteiger partial charge on any atom is -0.361 e. The van der Waals surface area contributed by atoms with Gasteiger partial charge in [0, 0.05) is 25.2 Å². The van der Waals surface area contributed by atoms with Crippen molar-refractivity contribution in [3.63, 3.8) is 0 Å². The largest absolute Gasteiger partial charge is 0.361 e. The van der Waals surface area contributed by atoms with E-state index in [9.17, 15) is 4.79 Å². The van der Waals surface area contributed by atoms with Gasteiger partial charge in [-0.2, -0.15) is 5.10 Å². The van der Waals surface area contributed by atoms with Gasteiger partial charge in [-0.3, -0.25) is 9.89 Å². The normalized spacial score (nSPS) is 18.2. The van der Waals surface area contributed by atoms with Crippen molar-refractivity contribution in [1.29, 1.82) is 0 Å². The van der Waals surface area contributed by atoms with Crippen LogP contribution < -0.4 is 10.2 Å². The van der Waals surface area contributed by atoms with Gasteiger partial charge in [0.25, 0.3) is 0 Å². The Hall–Kier alpha value is -2.31. The van der Waals surface area contributed by atoms with Gasteiger partial charge in [0.05, 0.1) is 12.1 Å². The van der Waals surface area contributed by atoms with Gasteiger partial charge in [-0.05, 0) is 19.3 Å². The summed E-state index contributed by atoms with van der Waals surface area (Å²) in [5.41, 5.74) is 0.768. The van der Waals surface area contributed by atoms with Gasteiger partial charge in [0.1, 0.15) is 11.6 Å². The van der Waals surface area contributed by atoms with Crippen LogP contribution >= 0.6 is 0 Å². The molecule has 1 aliphatic rings. The van der Waals surface area contributed by atoms with Crippen LogP contribution in [-0.4, -0.2) is 34.4 Å². The van der Waals surface area contributed by atoms with Gasteiger partial charge in [-0.1, -0.05) is 12.1 Å². The molecule has 0 unspecified atom stereocenters. The fourth-order valence-electron chi connectivity index (χ4n) is 2.53. The van der Waals surface area contributed by atoms with Crippen molar-refractivity contribution in [2.75, 3.05) is 23.3 Å². The Labute approximate surface area is 122 Å². The molecule has 0 aliphatic carbocycles. The zero-order valence-electron chi connectivity index (χ0n) is 12.2. The van der Waals surface area contributed by atoms with Crippen molar-refractivity contribution in [3.8, 4) is 0 Å². The number of aromatic nitrogens is 3. The van der Waals surface area contributed by atoms with Gasteiger partial charge in [0.15, 0.2) is 5.82 Å². The lowest BCUT2D eigenvalue weighted by atomic mass is 10.2. The Morgan fingerprint density at radius 2 is 2.43 bits per heavy atom. The molecule has 1 fully saturated rings. The number of nitrogens with zero attached hydrogens (tertiary/aromatic N) is 3. The van der Waals surface area contributed by atoms with Gasteiger partial charge in [-0.15, -0.1) is 0 Å². The number of carbonyl (C=O) groups excluding carboxylic acids is 1. The Morgan fingerprint density at radius 3 is 3.10 bits per heavy atom. The SMILES string of the molecule is Cc1cc(CC(=O)Nc2cc(N3CC[C@H](C)C3)n[nH]2)on1. The summed E-state index contributed by atoms with van der Waals surface area (Å²) in [7, 11) is 0. The number of H-pyrrole nitrogens is 1. The van der Waals surface area contributed by atoms with E-state index in [0.29, 0.717) is 17.5 Å². The number of nitrogens with one attached hydrogen (secondary N) is 2. The average molecular weight is 289 g/mol. The second-order valence-electron chi connectivity index (χ2n) is 5.64. The fourth-order valence-corrected chi connectivity index (χ4v) is 2.53. The minimum absolute atomic E-state index is 0.156. The van der Waals surface area contributed by atoms with E-state index in [0.717, 1.165) is 24.6 Å². The number of aryl methyl sites for hydroxylation is 1. The van der Waals surface area contributed by atoms with E-state index in [2.05, 4.69) is 32.5 Å². The van der Waals surface area contributed by atoms with Gasteiger partial charge in [0.2, 0.25) is 5.91 Å². The molecule has 0 saturated carbocycles. The van der Waals surface area contributed by atoms with Crippen LogP contribution in [0.4, 0.5) is 11.6 Å². The van der Waals surface area contributed by atoms with E-state index >= 15 is 0 Å². The number of carbonyl (C=O) groups is 1. The molecule has 0 aromatic carbocycles. The van der Waals surface area contributed by atoms with Gasteiger partial charge < -0.3 is 14.7 Å². The number of aromatic amines is 1. The van der Waals surface area contributed by atoms with Crippen LogP contribution in [-0.2, 0) is 11.2 Å². The average Bonchev–Trinajstić information content (AvgIpc) is 3.12. The van der Waals surface area contributed by atoms with E-state index < -0.39 is 0 Å². The number of amides is 1. The number of hydrogen-bond donors (Lipinski definition) is 2. The Balaban J connectivity index is 1.58. The smallest absolute Gasteiger partial charge is 0.233 e. The van der Waals surface area contributed by atoms with Crippen LogP contribution in [0.25, 0.3) is 0 Å². The Kier molecular flexibility index (Phi) is 3.64. The molecule has 1 amide bonds. The molecule has 21 heavy (non-hydrogen) atoms. The van der Waals surface area contributed by atoms with Gasteiger partial charge in [-0.25, -0.2) is 0 Å². The molecule has 2 aromatic rings. The molecule has 1 saturated heterocycles. The molecule has 0 spiro atoms. The molecular formula is C14H19N5O2. The van der Waals surface area contributed by atoms with E-state index in [1.165, 1.54) is 6.42 Å². The maximum absolute atomic E-state index is 11.9. The van der Waals surface area contributed by atoms with Crippen molar-refractivity contribution < 1.29 is 9.32 Å². The maximum Gasteiger partial charge on any atom is 0.233 e. The topological polar surface area (TPSA) is 87.0 Å². The van der Waals surface area contributed by atoms with Crippen molar-refractivity contribution in [3.05, 3.63) is 23.6 Å². The van der Waals surface area contributed by atoms with Crippen LogP contribution in [0.2, 0.25) is 0 Å². The zero-order valence-corrected chi connectivity index (χ0v) is 12.2. The van der Waals surface area contributed by atoms with Crippen LogP contribution in [0.3, 0.4) is 0 Å². The summed E-state index contributed by atoms with van der Waals surface area (Å²) in [6, 6.07) is 3.62. The number of hydrogen-bond acceptors (Lipinski definition) is 5. The second-order valence-corrected chi connectivity index (χ2v) is 5.64. The third kappa shape index (κ3) is 3.24. The standard InChI is InChI=1S/C14H19N5O2/c1-9-3-4-19(8-9)13-7-12(16-17-13)15-14(20)6-11-5-10(2)18-21-11/h5,7,9H,3-4,6,8H2,1-2H3,(H2,15,16,17,20)/t9-/m0/s1. The van der Waals surface area contributed by atoms with Crippen LogP contribution in [0.1, 0.15) is 24.8 Å². The highest BCUT2D eigenvalue weighted by molar-refractivity contribution is 5.91. The van der Waals surface area contributed by atoms with E-state index in [4.69, 9.17) is 4.52 Å². The first-order chi connectivity index (χ1) is 10.1. The predicted octanol–water partition coefficient (Wildman–Crippen LogP) is 1.73. The summed E-state index contributed by atoms with van der Waals surface area (Å²) in [6.45, 7) is 6.07. The quantitative estimate of drug-likeness (QED) is 0.895. The van der Waals surface area contributed by atoms with Crippen LogP contribution in [0.15, 0.2) is 16.7 Å². The van der Waals surface area contributed by atoms with Crippen molar-refractivity contribution >= 4 is 17.5 Å². The third-order valence-corrected chi connectivity index (χ3v) is 3.60. The highest BCUT2D eigenvalue weighted by atomic mass is 16.5. The fraction of sp³-hybridized carbons (Fsp3) is 0.500. The van der Waals surface area contributed by atoms with Gasteiger partial charge >= 0.3 is 0 Å². The molecule has 1 aliphatic heterocycles. The van der Waals surface area contributed by atoms with Crippen LogP contribution in [0, 0.1) is 12.8 Å². The van der Waals surface area contributed by atoms with Crippen LogP contribution in [0.5, 0.6) is 0 Å². The summed E-state index contributed by atoms with van der Waals surface area (Å²) in [5, 5.41) is 13.6. The Morgan fingerprint density at radius 1 is 1.57 bits per heavy atom. The molecule has 3 rings (SSSR count). The summed E-state index contributed by atoms with van der Waals surface area (Å²) in [5.74, 6) is 2.57. The number of anilines is 2. The summed E-state index contributed by atoms with van der Waals surface area (Å²) < 4.78 is 5.03. The third-order valence-electron chi connectivity index (χ3n) is 3.60. The summed E-state index contributed by atoms with van der Waals surface area (Å²) >= 11 is 0. The van der Waals surface area contributed by atoms with Crippen molar-refractivity contribution in [1.82, 2.24) is 15.4 Å². The highest BCUT2D eigenvalue weighted by Crippen LogP contribution is 2.23. The Bertz CT molecular complexity index is 633. The first-order valence-corrected chi connectivity index (χ1v) is 7.12. The summed E-state index contributed by atoms with van der Waals surface area (Å²) in [6.07, 6.45) is 1.34. The first-order valence-electron chi connectivity index (χ1n) is 7.12. The lowest BCUT2D eigenvalue weighted by Crippen LogP contribution is -2.19. The molecule has 112 valence electrons. The van der Waals surface area contributed by atoms with Crippen molar-refractivity contribution in [2.45, 2.75) is 26.7 Å². The second kappa shape index (κ2) is 5.59. The molecule has 2 aromatic heterocycles.